The number of rotatable bonds is 5. The largest absolute Gasteiger partial charge is 0.291 e. The van der Waals surface area contributed by atoms with Gasteiger partial charge in [0.2, 0.25) is 5.95 Å². The van der Waals surface area contributed by atoms with Crippen molar-refractivity contribution in [3.05, 3.63) is 56.0 Å². The van der Waals surface area contributed by atoms with E-state index in [9.17, 15) is 4.79 Å². The number of aromatic nitrogens is 5. The molecule has 1 atom stereocenters. The molecule has 0 spiro atoms. The molecule has 1 N–H and O–H groups in total. The zero-order valence-corrected chi connectivity index (χ0v) is 18.0. The number of amides is 1. The van der Waals surface area contributed by atoms with E-state index in [0.717, 1.165) is 21.4 Å². The highest BCUT2D eigenvalue weighted by atomic mass is 79.9. The van der Waals surface area contributed by atoms with Crippen LogP contribution >= 0.6 is 39.1 Å². The number of hydrogen-bond donors (Lipinski definition) is 1. The number of carbonyl (C=O) groups is 1. The molecule has 1 unspecified atom stereocenters. The average molecular weight is 472 g/mol. The topological polar surface area (TPSA) is 77.6 Å². The second-order valence-corrected chi connectivity index (χ2v) is 7.73. The summed E-state index contributed by atoms with van der Waals surface area (Å²) >= 11 is 15.6. The number of nitrogens with zero attached hydrogens (tertiary/aromatic N) is 5. The quantitative estimate of drug-likeness (QED) is 0.597. The van der Waals surface area contributed by atoms with Crippen LogP contribution in [0.2, 0.25) is 10.0 Å². The Balaban J connectivity index is 1.69. The van der Waals surface area contributed by atoms with Gasteiger partial charge in [-0.3, -0.25) is 14.8 Å². The van der Waals surface area contributed by atoms with Crippen LogP contribution in [-0.2, 0) is 11.3 Å². The maximum Gasteiger partial charge on any atom is 0.251 e. The first kappa shape index (κ1) is 19.9. The van der Waals surface area contributed by atoms with Gasteiger partial charge in [-0.2, -0.15) is 5.10 Å². The van der Waals surface area contributed by atoms with Crippen LogP contribution in [0.1, 0.15) is 29.9 Å². The van der Waals surface area contributed by atoms with Gasteiger partial charge in [-0.05, 0) is 54.4 Å². The molecule has 1 aromatic carbocycles. The molecule has 0 aliphatic carbocycles. The lowest BCUT2D eigenvalue weighted by Gasteiger charge is -2.13. The van der Waals surface area contributed by atoms with Gasteiger partial charge in [0.15, 0.2) is 0 Å². The van der Waals surface area contributed by atoms with Gasteiger partial charge in [-0.25, -0.2) is 9.67 Å². The standard InChI is InChI=1S/C17H17BrCl2N6O/c1-9-15(18)10(2)26(23-9)11(3)16(27)22-17-21-8-25(24-17)7-12-4-5-13(19)6-14(12)20/h4-6,8,11H,7H2,1-3H3,(H,22,24,27). The zero-order chi connectivity index (χ0) is 19.7. The van der Waals surface area contributed by atoms with Gasteiger partial charge in [0.1, 0.15) is 12.4 Å². The predicted molar refractivity (Wildman–Crippen MR) is 108 cm³/mol. The van der Waals surface area contributed by atoms with E-state index in [1.165, 1.54) is 6.33 Å². The summed E-state index contributed by atoms with van der Waals surface area (Å²) in [4.78, 5) is 16.7. The van der Waals surface area contributed by atoms with E-state index in [1.807, 2.05) is 19.9 Å². The van der Waals surface area contributed by atoms with Crippen LogP contribution in [0.3, 0.4) is 0 Å². The molecular formula is C17H17BrCl2N6O. The van der Waals surface area contributed by atoms with Gasteiger partial charge in [-0.15, -0.1) is 5.10 Å². The van der Waals surface area contributed by atoms with Crippen LogP contribution < -0.4 is 5.32 Å². The van der Waals surface area contributed by atoms with Gasteiger partial charge < -0.3 is 0 Å². The summed E-state index contributed by atoms with van der Waals surface area (Å²) in [5.41, 5.74) is 2.56. The van der Waals surface area contributed by atoms with Crippen molar-refractivity contribution in [2.45, 2.75) is 33.4 Å². The van der Waals surface area contributed by atoms with E-state index in [0.29, 0.717) is 16.6 Å². The van der Waals surface area contributed by atoms with Crippen molar-refractivity contribution in [1.29, 1.82) is 0 Å². The fourth-order valence-corrected chi connectivity index (χ4v) is 3.33. The third-order valence-corrected chi connectivity index (χ3v) is 5.84. The lowest BCUT2D eigenvalue weighted by Crippen LogP contribution is -2.25. The van der Waals surface area contributed by atoms with Crippen LogP contribution in [0.5, 0.6) is 0 Å². The highest BCUT2D eigenvalue weighted by Crippen LogP contribution is 2.24. The molecular weight excluding hydrogens is 455 g/mol. The second kappa shape index (κ2) is 8.00. The van der Waals surface area contributed by atoms with Gasteiger partial charge in [0.25, 0.3) is 5.91 Å². The van der Waals surface area contributed by atoms with Crippen molar-refractivity contribution >= 4 is 51.0 Å². The maximum atomic E-state index is 12.5. The smallest absolute Gasteiger partial charge is 0.251 e. The van der Waals surface area contributed by atoms with Crippen LogP contribution in [0.4, 0.5) is 5.95 Å². The summed E-state index contributed by atoms with van der Waals surface area (Å²) in [6.45, 7) is 5.96. The Labute approximate surface area is 174 Å². The van der Waals surface area contributed by atoms with Crippen LogP contribution in [0.15, 0.2) is 29.0 Å². The molecule has 0 saturated heterocycles. The lowest BCUT2D eigenvalue weighted by atomic mass is 10.2. The number of hydrogen-bond acceptors (Lipinski definition) is 4. The van der Waals surface area contributed by atoms with Gasteiger partial charge in [0, 0.05) is 10.0 Å². The minimum absolute atomic E-state index is 0.220. The van der Waals surface area contributed by atoms with E-state index in [1.54, 1.807) is 28.4 Å². The fourth-order valence-electron chi connectivity index (χ4n) is 2.60. The van der Waals surface area contributed by atoms with E-state index < -0.39 is 6.04 Å². The number of halogens is 3. The third kappa shape index (κ3) is 4.34. The number of carbonyl (C=O) groups excluding carboxylic acids is 1. The molecule has 1 amide bonds. The molecule has 10 heteroatoms. The summed E-state index contributed by atoms with van der Waals surface area (Å²) in [7, 11) is 0. The Bertz CT molecular complexity index is 999. The predicted octanol–water partition coefficient (Wildman–Crippen LogP) is 4.41. The first-order chi connectivity index (χ1) is 12.8. The number of benzene rings is 1. The van der Waals surface area contributed by atoms with Crippen LogP contribution in [0, 0.1) is 13.8 Å². The highest BCUT2D eigenvalue weighted by molar-refractivity contribution is 9.10. The lowest BCUT2D eigenvalue weighted by molar-refractivity contribution is -0.119. The molecule has 7 nitrogen and oxygen atoms in total. The average Bonchev–Trinajstić information content (AvgIpc) is 3.16. The molecule has 0 radical (unpaired) electrons. The minimum atomic E-state index is -0.507. The second-order valence-electron chi connectivity index (χ2n) is 6.10. The van der Waals surface area contributed by atoms with Crippen molar-refractivity contribution in [2.75, 3.05) is 5.32 Å². The zero-order valence-electron chi connectivity index (χ0n) is 14.9. The molecule has 0 fully saturated rings. The summed E-state index contributed by atoms with van der Waals surface area (Å²) < 4.78 is 4.15. The van der Waals surface area contributed by atoms with Crippen molar-refractivity contribution in [3.8, 4) is 0 Å². The molecule has 2 heterocycles. The summed E-state index contributed by atoms with van der Waals surface area (Å²) in [5, 5.41) is 12.5. The first-order valence-corrected chi connectivity index (χ1v) is 9.66. The molecule has 0 aliphatic heterocycles. The number of nitrogens with one attached hydrogen (secondary N) is 1. The Morgan fingerprint density at radius 3 is 2.67 bits per heavy atom. The molecule has 0 saturated carbocycles. The van der Waals surface area contributed by atoms with E-state index in [-0.39, 0.29) is 11.9 Å². The Hall–Kier alpha value is -1.90. The Kier molecular flexibility index (Phi) is 5.88. The van der Waals surface area contributed by atoms with Crippen LogP contribution in [0.25, 0.3) is 0 Å². The molecule has 142 valence electrons. The van der Waals surface area contributed by atoms with Crippen molar-refractivity contribution in [1.82, 2.24) is 24.5 Å². The maximum absolute atomic E-state index is 12.5. The summed E-state index contributed by atoms with van der Waals surface area (Å²) in [6, 6.07) is 4.75. The van der Waals surface area contributed by atoms with Gasteiger partial charge in [0.05, 0.1) is 22.4 Å². The highest BCUT2D eigenvalue weighted by Gasteiger charge is 2.21. The molecule has 3 aromatic rings. The Morgan fingerprint density at radius 1 is 1.30 bits per heavy atom. The van der Waals surface area contributed by atoms with E-state index >= 15 is 0 Å². The SMILES string of the molecule is Cc1nn(C(C)C(=O)Nc2ncn(Cc3ccc(Cl)cc3Cl)n2)c(C)c1Br. The monoisotopic (exact) mass is 470 g/mol. The van der Waals surface area contributed by atoms with Crippen molar-refractivity contribution in [3.63, 3.8) is 0 Å². The number of aryl methyl sites for hydroxylation is 1. The van der Waals surface area contributed by atoms with Gasteiger partial charge >= 0.3 is 0 Å². The summed E-state index contributed by atoms with van der Waals surface area (Å²) in [5.74, 6) is -0.0343. The van der Waals surface area contributed by atoms with Gasteiger partial charge in [-0.1, -0.05) is 29.3 Å². The minimum Gasteiger partial charge on any atom is -0.291 e. The van der Waals surface area contributed by atoms with Crippen molar-refractivity contribution in [2.24, 2.45) is 0 Å². The fraction of sp³-hybridized carbons (Fsp3) is 0.294. The first-order valence-electron chi connectivity index (χ1n) is 8.11. The molecule has 3 rings (SSSR count). The van der Waals surface area contributed by atoms with E-state index in [4.69, 9.17) is 23.2 Å². The molecule has 2 aromatic heterocycles. The normalized spacial score (nSPS) is 12.2. The molecule has 0 aliphatic rings. The van der Waals surface area contributed by atoms with Crippen LogP contribution in [-0.4, -0.2) is 30.5 Å². The number of anilines is 1. The molecule has 0 bridgehead atoms. The van der Waals surface area contributed by atoms with Crippen molar-refractivity contribution < 1.29 is 4.79 Å². The third-order valence-electron chi connectivity index (χ3n) is 4.10. The Morgan fingerprint density at radius 2 is 2.04 bits per heavy atom. The summed E-state index contributed by atoms with van der Waals surface area (Å²) in [6.07, 6.45) is 1.53. The molecule has 27 heavy (non-hydrogen) atoms. The van der Waals surface area contributed by atoms with E-state index in [2.05, 4.69) is 36.4 Å².